The summed E-state index contributed by atoms with van der Waals surface area (Å²) >= 11 is 0. The fourth-order valence-corrected chi connectivity index (χ4v) is 1.73. The lowest BCUT2D eigenvalue weighted by Crippen LogP contribution is -2.37. The van der Waals surface area contributed by atoms with Crippen molar-refractivity contribution >= 4 is 0 Å². The van der Waals surface area contributed by atoms with Crippen LogP contribution in [0.5, 0.6) is 0 Å². The molecule has 1 saturated heterocycles. The fraction of sp³-hybridized carbons (Fsp3) is 0.556. The fourth-order valence-electron chi connectivity index (χ4n) is 1.73. The van der Waals surface area contributed by atoms with Gasteiger partial charge in [-0.1, -0.05) is 0 Å². The number of nitrogens with zero attached hydrogens (tertiary/aromatic N) is 1. The Labute approximate surface area is 98.3 Å². The molecule has 0 bridgehead atoms. The molecule has 1 aliphatic rings. The van der Waals surface area contributed by atoms with Crippen LogP contribution in [0.1, 0.15) is 6.23 Å². The Kier molecular flexibility index (Phi) is 3.28. The van der Waals surface area contributed by atoms with E-state index in [0.717, 1.165) is 0 Å². The van der Waals surface area contributed by atoms with Crippen LogP contribution in [0, 0.1) is 5.82 Å². The molecule has 7 nitrogen and oxygen atoms in total. The third kappa shape index (κ3) is 1.96. The van der Waals surface area contributed by atoms with Gasteiger partial charge >= 0.3 is 5.69 Å². The van der Waals surface area contributed by atoms with Gasteiger partial charge in [-0.15, -0.1) is 0 Å². The smallest absolute Gasteiger partial charge is 0.330 e. The first kappa shape index (κ1) is 12.9. The molecule has 1 aromatic heterocycles. The highest BCUT2D eigenvalue weighted by molar-refractivity contribution is 4.94. The Balaban J connectivity index is 2.42. The topological polar surface area (TPSA) is 105 Å². The average molecular weight is 264 g/mol. The van der Waals surface area contributed by atoms with Gasteiger partial charge < -0.3 is 14.9 Å². The molecule has 1 aromatic rings. The summed E-state index contributed by atoms with van der Waals surface area (Å²) in [5.74, 6) is -1.28. The molecule has 0 spiro atoms. The number of hydrogen-bond acceptors (Lipinski definition) is 5. The molecule has 3 N–H and O–H groups in total. The molecule has 2 unspecified atom stereocenters. The zero-order valence-corrected chi connectivity index (χ0v) is 8.92. The highest BCUT2D eigenvalue weighted by Crippen LogP contribution is 2.30. The number of aromatic nitrogens is 2. The average Bonchev–Trinajstić information content (AvgIpc) is 2.61. The first-order chi connectivity index (χ1) is 8.45. The van der Waals surface area contributed by atoms with Gasteiger partial charge in [-0.3, -0.25) is 14.3 Å². The minimum absolute atomic E-state index is 0.486. The summed E-state index contributed by atoms with van der Waals surface area (Å²) < 4.78 is 32.1. The van der Waals surface area contributed by atoms with Gasteiger partial charge in [0.15, 0.2) is 12.4 Å². The van der Waals surface area contributed by atoms with E-state index in [-0.39, 0.29) is 0 Å². The molecule has 1 aliphatic heterocycles. The molecular formula is C9H10F2N2O5. The van der Waals surface area contributed by atoms with Crippen LogP contribution in [0.3, 0.4) is 0 Å². The van der Waals surface area contributed by atoms with Gasteiger partial charge in [0.2, 0.25) is 5.82 Å². The van der Waals surface area contributed by atoms with E-state index in [4.69, 9.17) is 9.84 Å². The van der Waals surface area contributed by atoms with Gasteiger partial charge in [0.1, 0.15) is 12.2 Å². The highest BCUT2D eigenvalue weighted by atomic mass is 19.1. The van der Waals surface area contributed by atoms with E-state index in [1.807, 2.05) is 0 Å². The van der Waals surface area contributed by atoms with E-state index in [0.29, 0.717) is 10.8 Å². The molecule has 2 rings (SSSR count). The third-order valence-electron chi connectivity index (χ3n) is 2.67. The number of ether oxygens (including phenoxy) is 1. The molecule has 9 heteroatoms. The summed E-state index contributed by atoms with van der Waals surface area (Å²) in [5, 5.41) is 18.2. The monoisotopic (exact) mass is 264 g/mol. The molecule has 1 fully saturated rings. The van der Waals surface area contributed by atoms with E-state index >= 15 is 0 Å². The number of aliphatic hydroxyl groups excluding tert-OH is 2. The summed E-state index contributed by atoms with van der Waals surface area (Å²) in [6, 6.07) is 0. The number of hydrogen-bond donors (Lipinski definition) is 3. The normalized spacial score (nSPS) is 31.8. The van der Waals surface area contributed by atoms with E-state index < -0.39 is 48.3 Å². The van der Waals surface area contributed by atoms with Gasteiger partial charge in [-0.05, 0) is 0 Å². The molecule has 4 atom stereocenters. The molecular weight excluding hydrogens is 254 g/mol. The number of H-pyrrole nitrogens is 1. The molecule has 0 amide bonds. The molecule has 0 aliphatic carbocycles. The second kappa shape index (κ2) is 4.59. The van der Waals surface area contributed by atoms with Crippen molar-refractivity contribution < 1.29 is 23.7 Å². The largest absolute Gasteiger partial charge is 0.394 e. The molecule has 2 heterocycles. The van der Waals surface area contributed by atoms with Crippen LogP contribution in [-0.4, -0.2) is 44.8 Å². The highest BCUT2D eigenvalue weighted by Gasteiger charge is 2.45. The summed E-state index contributed by atoms with van der Waals surface area (Å²) in [5.41, 5.74) is -2.30. The lowest BCUT2D eigenvalue weighted by Gasteiger charge is -2.15. The Bertz CT molecular complexity index is 557. The molecule has 0 aromatic carbocycles. The zero-order valence-electron chi connectivity index (χ0n) is 8.92. The molecule has 0 radical (unpaired) electrons. The predicted molar refractivity (Wildman–Crippen MR) is 53.2 cm³/mol. The van der Waals surface area contributed by atoms with Crippen molar-refractivity contribution in [2.45, 2.75) is 24.6 Å². The maximum absolute atomic E-state index is 13.7. The minimum atomic E-state index is -2.02. The Hall–Kier alpha value is -1.58. The van der Waals surface area contributed by atoms with Crippen LogP contribution in [0.25, 0.3) is 0 Å². The van der Waals surface area contributed by atoms with Crippen LogP contribution in [0.15, 0.2) is 15.8 Å². The maximum Gasteiger partial charge on any atom is 0.330 e. The van der Waals surface area contributed by atoms with Crippen LogP contribution in [0.2, 0.25) is 0 Å². The first-order valence-corrected chi connectivity index (χ1v) is 5.05. The Morgan fingerprint density at radius 1 is 1.50 bits per heavy atom. The first-order valence-electron chi connectivity index (χ1n) is 5.05. The maximum atomic E-state index is 13.7. The molecule has 100 valence electrons. The standard InChI is InChI=1S/C9H10F2N2O5/c10-3-1-13(9(17)12-7(3)16)8-5(11)6(15)4(2-14)18-8/h1,4-6,8,14-15H,2H2,(H,12,16,17)/t4-,5?,6?,8-/m1/s1. The van der Waals surface area contributed by atoms with Crippen molar-refractivity contribution in [2.75, 3.05) is 6.61 Å². The van der Waals surface area contributed by atoms with Crippen molar-refractivity contribution in [3.8, 4) is 0 Å². The number of nitrogens with one attached hydrogen (secondary N) is 1. The lowest BCUT2D eigenvalue weighted by molar-refractivity contribution is -0.0495. The van der Waals surface area contributed by atoms with Gasteiger partial charge in [0, 0.05) is 0 Å². The predicted octanol–water partition coefficient (Wildman–Crippen LogP) is -1.74. The van der Waals surface area contributed by atoms with Gasteiger partial charge in [-0.25, -0.2) is 9.18 Å². The Morgan fingerprint density at radius 2 is 2.17 bits per heavy atom. The minimum Gasteiger partial charge on any atom is -0.394 e. The van der Waals surface area contributed by atoms with E-state index in [2.05, 4.69) is 0 Å². The van der Waals surface area contributed by atoms with Crippen LogP contribution >= 0.6 is 0 Å². The number of rotatable bonds is 2. The summed E-state index contributed by atoms with van der Waals surface area (Å²) in [4.78, 5) is 23.8. The molecule has 18 heavy (non-hydrogen) atoms. The second-order valence-electron chi connectivity index (χ2n) is 3.83. The summed E-state index contributed by atoms with van der Waals surface area (Å²) in [6.45, 7) is -0.654. The van der Waals surface area contributed by atoms with Crippen molar-refractivity contribution in [2.24, 2.45) is 0 Å². The van der Waals surface area contributed by atoms with Crippen LogP contribution < -0.4 is 11.2 Å². The Morgan fingerprint density at radius 3 is 2.72 bits per heavy atom. The van der Waals surface area contributed by atoms with Crippen molar-refractivity contribution in [3.63, 3.8) is 0 Å². The van der Waals surface area contributed by atoms with Crippen LogP contribution in [-0.2, 0) is 4.74 Å². The number of aliphatic hydroxyl groups is 2. The summed E-state index contributed by atoms with van der Waals surface area (Å²) in [6.07, 6.45) is -5.99. The SMILES string of the molecule is O=c1[nH]c(=O)n([C@@H]2O[C@H](CO)C(O)C2F)cc1F. The van der Waals surface area contributed by atoms with Gasteiger partial charge in [0.25, 0.3) is 5.56 Å². The number of alkyl halides is 1. The van der Waals surface area contributed by atoms with Crippen molar-refractivity contribution in [1.82, 2.24) is 9.55 Å². The zero-order chi connectivity index (χ0) is 13.4. The lowest BCUT2D eigenvalue weighted by atomic mass is 10.1. The number of aromatic amines is 1. The summed E-state index contributed by atoms with van der Waals surface area (Å²) in [7, 11) is 0. The second-order valence-corrected chi connectivity index (χ2v) is 3.83. The van der Waals surface area contributed by atoms with E-state index in [1.165, 1.54) is 0 Å². The van der Waals surface area contributed by atoms with E-state index in [9.17, 15) is 23.5 Å². The third-order valence-corrected chi connectivity index (χ3v) is 2.67. The van der Waals surface area contributed by atoms with Crippen molar-refractivity contribution in [3.05, 3.63) is 32.9 Å². The molecule has 0 saturated carbocycles. The van der Waals surface area contributed by atoms with Gasteiger partial charge in [-0.2, -0.15) is 4.39 Å². The van der Waals surface area contributed by atoms with E-state index in [1.54, 1.807) is 4.98 Å². The van der Waals surface area contributed by atoms with Gasteiger partial charge in [0.05, 0.1) is 12.8 Å². The van der Waals surface area contributed by atoms with Crippen molar-refractivity contribution in [1.29, 1.82) is 0 Å². The number of halogens is 2. The van der Waals surface area contributed by atoms with Crippen LogP contribution in [0.4, 0.5) is 8.78 Å². The quantitative estimate of drug-likeness (QED) is 0.588.